The number of benzene rings is 1. The standard InChI is InChI=1S/C23H35FN4O2/c1-15(2)12-20(25)23(30)28-10-8-16(9-11-28)21-13-17(14-27(21)3)22(29)26-19-6-4-18(24)5-7-19/h4-7,15-17,20-21H,8-14,25H2,1-3H3,(H,26,29)/t17-,20+,21+/m1/s1. The Hall–Kier alpha value is -1.99. The molecule has 0 aromatic heterocycles. The van der Waals surface area contributed by atoms with E-state index in [4.69, 9.17) is 5.73 Å². The van der Waals surface area contributed by atoms with E-state index in [0.29, 0.717) is 23.6 Å². The molecule has 2 amide bonds. The number of piperidine rings is 1. The van der Waals surface area contributed by atoms with E-state index in [0.717, 1.165) is 45.3 Å². The molecule has 3 atom stereocenters. The van der Waals surface area contributed by atoms with Crippen LogP contribution in [-0.4, -0.2) is 60.4 Å². The van der Waals surface area contributed by atoms with Crippen molar-refractivity contribution < 1.29 is 14.0 Å². The summed E-state index contributed by atoms with van der Waals surface area (Å²) in [7, 11) is 2.08. The minimum atomic E-state index is -0.407. The van der Waals surface area contributed by atoms with Crippen molar-refractivity contribution in [2.75, 3.05) is 32.0 Å². The highest BCUT2D eigenvalue weighted by molar-refractivity contribution is 5.92. The van der Waals surface area contributed by atoms with Gasteiger partial charge in [0.1, 0.15) is 5.82 Å². The van der Waals surface area contributed by atoms with E-state index in [1.54, 1.807) is 12.1 Å². The lowest BCUT2D eigenvalue weighted by molar-refractivity contribution is -0.134. The number of nitrogens with zero attached hydrogens (tertiary/aromatic N) is 2. The Labute approximate surface area is 179 Å². The number of nitrogens with one attached hydrogen (secondary N) is 1. The van der Waals surface area contributed by atoms with Gasteiger partial charge in [-0.15, -0.1) is 0 Å². The summed E-state index contributed by atoms with van der Waals surface area (Å²) in [5.41, 5.74) is 6.71. The van der Waals surface area contributed by atoms with Gasteiger partial charge < -0.3 is 20.9 Å². The normalized spacial score (nSPS) is 24.3. The van der Waals surface area contributed by atoms with Crippen LogP contribution in [0.15, 0.2) is 24.3 Å². The fraction of sp³-hybridized carbons (Fsp3) is 0.652. The fourth-order valence-corrected chi connectivity index (χ4v) is 4.90. The molecule has 2 fully saturated rings. The smallest absolute Gasteiger partial charge is 0.239 e. The Bertz CT molecular complexity index is 731. The van der Waals surface area contributed by atoms with Crippen molar-refractivity contribution in [1.29, 1.82) is 0 Å². The number of hydrogen-bond donors (Lipinski definition) is 2. The summed E-state index contributed by atoms with van der Waals surface area (Å²) in [6.07, 6.45) is 3.42. The van der Waals surface area contributed by atoms with Crippen molar-refractivity contribution in [3.63, 3.8) is 0 Å². The molecule has 2 aliphatic heterocycles. The summed E-state index contributed by atoms with van der Waals surface area (Å²) >= 11 is 0. The second-order valence-corrected chi connectivity index (χ2v) is 9.33. The molecule has 3 N–H and O–H groups in total. The first kappa shape index (κ1) is 22.7. The summed E-state index contributed by atoms with van der Waals surface area (Å²) < 4.78 is 13.1. The fourth-order valence-electron chi connectivity index (χ4n) is 4.90. The minimum absolute atomic E-state index is 0.0109. The maximum Gasteiger partial charge on any atom is 0.239 e. The van der Waals surface area contributed by atoms with Crippen molar-refractivity contribution in [2.45, 2.75) is 51.6 Å². The first-order valence-electron chi connectivity index (χ1n) is 11.1. The highest BCUT2D eigenvalue weighted by Gasteiger charge is 2.40. The minimum Gasteiger partial charge on any atom is -0.341 e. The van der Waals surface area contributed by atoms with Gasteiger partial charge in [-0.1, -0.05) is 13.8 Å². The number of halogens is 1. The van der Waals surface area contributed by atoms with Gasteiger partial charge in [0, 0.05) is 31.4 Å². The van der Waals surface area contributed by atoms with Crippen LogP contribution in [0, 0.1) is 23.6 Å². The first-order valence-corrected chi connectivity index (χ1v) is 11.1. The Morgan fingerprint density at radius 1 is 1.20 bits per heavy atom. The lowest BCUT2D eigenvalue weighted by Gasteiger charge is -2.38. The van der Waals surface area contributed by atoms with Crippen LogP contribution in [0.5, 0.6) is 0 Å². The molecular formula is C23H35FN4O2. The van der Waals surface area contributed by atoms with Crippen molar-refractivity contribution >= 4 is 17.5 Å². The third-order valence-corrected chi connectivity index (χ3v) is 6.52. The number of anilines is 1. The van der Waals surface area contributed by atoms with Gasteiger partial charge in [0.2, 0.25) is 11.8 Å². The third kappa shape index (κ3) is 5.58. The Balaban J connectivity index is 1.50. The monoisotopic (exact) mass is 418 g/mol. The Kier molecular flexibility index (Phi) is 7.47. The average molecular weight is 419 g/mol. The van der Waals surface area contributed by atoms with Crippen LogP contribution in [-0.2, 0) is 9.59 Å². The molecule has 0 saturated carbocycles. The molecule has 166 valence electrons. The zero-order valence-electron chi connectivity index (χ0n) is 18.3. The van der Waals surface area contributed by atoms with Crippen molar-refractivity contribution in [2.24, 2.45) is 23.5 Å². The van der Waals surface area contributed by atoms with Gasteiger partial charge >= 0.3 is 0 Å². The van der Waals surface area contributed by atoms with E-state index in [1.807, 2.05) is 4.90 Å². The SMILES string of the molecule is CC(C)C[C@H](N)C(=O)N1CCC([C@@H]2C[C@@H](C(=O)Nc3ccc(F)cc3)CN2C)CC1. The quantitative estimate of drug-likeness (QED) is 0.745. The Morgan fingerprint density at radius 3 is 2.43 bits per heavy atom. The lowest BCUT2D eigenvalue weighted by atomic mass is 9.86. The van der Waals surface area contributed by atoms with Gasteiger partial charge in [0.05, 0.1) is 12.0 Å². The van der Waals surface area contributed by atoms with E-state index >= 15 is 0 Å². The summed E-state index contributed by atoms with van der Waals surface area (Å²) in [6.45, 7) is 6.37. The lowest BCUT2D eigenvalue weighted by Crippen LogP contribution is -2.49. The van der Waals surface area contributed by atoms with Gasteiger partial charge in [-0.05, 0) is 68.8 Å². The molecule has 0 aliphatic carbocycles. The molecule has 7 heteroatoms. The highest BCUT2D eigenvalue weighted by Crippen LogP contribution is 2.33. The van der Waals surface area contributed by atoms with E-state index in [-0.39, 0.29) is 23.5 Å². The summed E-state index contributed by atoms with van der Waals surface area (Å²) in [6, 6.07) is 5.80. The van der Waals surface area contributed by atoms with Crippen molar-refractivity contribution in [1.82, 2.24) is 9.80 Å². The van der Waals surface area contributed by atoms with Crippen LogP contribution >= 0.6 is 0 Å². The Morgan fingerprint density at radius 2 is 1.83 bits per heavy atom. The largest absolute Gasteiger partial charge is 0.341 e. The van der Waals surface area contributed by atoms with E-state index in [9.17, 15) is 14.0 Å². The number of amides is 2. The third-order valence-electron chi connectivity index (χ3n) is 6.52. The maximum atomic E-state index is 13.1. The van der Waals surface area contributed by atoms with Gasteiger partial charge in [-0.25, -0.2) is 4.39 Å². The molecule has 3 rings (SSSR count). The number of likely N-dealkylation sites (tertiary alicyclic amines) is 2. The van der Waals surface area contributed by atoms with Gasteiger partial charge in [0.25, 0.3) is 0 Å². The van der Waals surface area contributed by atoms with Gasteiger partial charge in [-0.3, -0.25) is 9.59 Å². The number of rotatable bonds is 6. The van der Waals surface area contributed by atoms with Gasteiger partial charge in [0.15, 0.2) is 0 Å². The van der Waals surface area contributed by atoms with Crippen molar-refractivity contribution in [3.8, 4) is 0 Å². The van der Waals surface area contributed by atoms with Crippen LogP contribution in [0.1, 0.15) is 39.5 Å². The summed E-state index contributed by atoms with van der Waals surface area (Å²) in [4.78, 5) is 29.4. The number of nitrogens with two attached hydrogens (primary N) is 1. The topological polar surface area (TPSA) is 78.7 Å². The molecule has 2 aliphatic rings. The van der Waals surface area contributed by atoms with Crippen LogP contribution < -0.4 is 11.1 Å². The molecule has 2 heterocycles. The molecule has 0 bridgehead atoms. The van der Waals surface area contributed by atoms with Crippen LogP contribution in [0.4, 0.5) is 10.1 Å². The molecule has 6 nitrogen and oxygen atoms in total. The van der Waals surface area contributed by atoms with Gasteiger partial charge in [-0.2, -0.15) is 0 Å². The first-order chi connectivity index (χ1) is 14.2. The predicted molar refractivity (Wildman–Crippen MR) is 116 cm³/mol. The molecule has 0 unspecified atom stereocenters. The number of carbonyl (C=O) groups is 2. The molecule has 0 spiro atoms. The maximum absolute atomic E-state index is 13.1. The van der Waals surface area contributed by atoms with E-state index < -0.39 is 6.04 Å². The number of carbonyl (C=O) groups excluding carboxylic acids is 2. The zero-order chi connectivity index (χ0) is 21.8. The second kappa shape index (κ2) is 9.88. The molecule has 0 radical (unpaired) electrons. The summed E-state index contributed by atoms with van der Waals surface area (Å²) in [5.74, 6) is 0.546. The van der Waals surface area contributed by atoms with E-state index in [2.05, 4.69) is 31.1 Å². The average Bonchev–Trinajstić information content (AvgIpc) is 3.10. The molecule has 2 saturated heterocycles. The second-order valence-electron chi connectivity index (χ2n) is 9.33. The van der Waals surface area contributed by atoms with Crippen molar-refractivity contribution in [3.05, 3.63) is 30.1 Å². The molecule has 1 aromatic rings. The van der Waals surface area contributed by atoms with Crippen LogP contribution in [0.3, 0.4) is 0 Å². The molecule has 30 heavy (non-hydrogen) atoms. The zero-order valence-corrected chi connectivity index (χ0v) is 18.3. The van der Waals surface area contributed by atoms with Crippen LogP contribution in [0.25, 0.3) is 0 Å². The molecule has 1 aromatic carbocycles. The van der Waals surface area contributed by atoms with Crippen LogP contribution in [0.2, 0.25) is 0 Å². The van der Waals surface area contributed by atoms with E-state index in [1.165, 1.54) is 12.1 Å². The predicted octanol–water partition coefficient (Wildman–Crippen LogP) is 2.70. The number of hydrogen-bond acceptors (Lipinski definition) is 4. The highest BCUT2D eigenvalue weighted by atomic mass is 19.1. The summed E-state index contributed by atoms with van der Waals surface area (Å²) in [5, 5.41) is 2.91. The molecular weight excluding hydrogens is 383 g/mol.